The maximum absolute atomic E-state index is 13.5. The Hall–Kier alpha value is -2.54. The van der Waals surface area contributed by atoms with E-state index in [4.69, 9.17) is 9.47 Å². The van der Waals surface area contributed by atoms with Crippen molar-refractivity contribution in [1.82, 2.24) is 4.98 Å². The minimum absolute atomic E-state index is 0.0466. The average molecular weight is 320 g/mol. The van der Waals surface area contributed by atoms with Crippen LogP contribution in [0.3, 0.4) is 0 Å². The lowest BCUT2D eigenvalue weighted by molar-refractivity contribution is 0.102. The van der Waals surface area contributed by atoms with Crippen LogP contribution in [0.25, 0.3) is 0 Å². The van der Waals surface area contributed by atoms with E-state index in [2.05, 4.69) is 10.3 Å². The van der Waals surface area contributed by atoms with Crippen LogP contribution < -0.4 is 10.1 Å². The van der Waals surface area contributed by atoms with Crippen molar-refractivity contribution in [3.8, 4) is 5.88 Å². The van der Waals surface area contributed by atoms with Gasteiger partial charge in [0.2, 0.25) is 5.88 Å². The van der Waals surface area contributed by atoms with Crippen molar-refractivity contribution in [3.05, 3.63) is 53.7 Å². The van der Waals surface area contributed by atoms with Crippen LogP contribution in [0.15, 0.2) is 36.5 Å². The number of carbonyl (C=O) groups excluding carboxylic acids is 1. The fourth-order valence-corrected chi connectivity index (χ4v) is 2.16. The van der Waals surface area contributed by atoms with Gasteiger partial charge >= 0.3 is 0 Å². The molecule has 1 unspecified atom stereocenters. The van der Waals surface area contributed by atoms with Crippen LogP contribution in [0.4, 0.5) is 14.5 Å². The molecule has 0 saturated carbocycles. The van der Waals surface area contributed by atoms with Gasteiger partial charge in [-0.15, -0.1) is 0 Å². The molecule has 1 aromatic heterocycles. The Labute approximate surface area is 131 Å². The molecule has 2 aromatic rings. The van der Waals surface area contributed by atoms with Gasteiger partial charge in [0.05, 0.1) is 18.8 Å². The summed E-state index contributed by atoms with van der Waals surface area (Å²) in [5, 5.41) is 2.20. The van der Waals surface area contributed by atoms with Gasteiger partial charge in [0.15, 0.2) is 0 Å². The number of rotatable bonds is 4. The molecule has 120 valence electrons. The zero-order chi connectivity index (χ0) is 16.2. The molecule has 1 aliphatic rings. The Morgan fingerprint density at radius 3 is 2.65 bits per heavy atom. The number of halogens is 2. The summed E-state index contributed by atoms with van der Waals surface area (Å²) >= 11 is 0. The van der Waals surface area contributed by atoms with Crippen LogP contribution in [0.1, 0.15) is 16.8 Å². The first-order valence-corrected chi connectivity index (χ1v) is 7.09. The summed E-state index contributed by atoms with van der Waals surface area (Å²) in [4.78, 5) is 16.1. The quantitative estimate of drug-likeness (QED) is 0.941. The number of benzene rings is 1. The second-order valence-corrected chi connectivity index (χ2v) is 5.04. The summed E-state index contributed by atoms with van der Waals surface area (Å²) < 4.78 is 37.8. The smallest absolute Gasteiger partial charge is 0.257 e. The zero-order valence-electron chi connectivity index (χ0n) is 12.1. The van der Waals surface area contributed by atoms with Crippen LogP contribution in [0, 0.1) is 11.6 Å². The van der Waals surface area contributed by atoms with E-state index in [9.17, 15) is 13.6 Å². The molecule has 1 fully saturated rings. The second kappa shape index (κ2) is 6.70. The molecule has 2 heterocycles. The van der Waals surface area contributed by atoms with Gasteiger partial charge in [-0.25, -0.2) is 13.8 Å². The summed E-state index contributed by atoms with van der Waals surface area (Å²) in [5.74, 6) is -1.97. The number of anilines is 1. The van der Waals surface area contributed by atoms with Gasteiger partial charge < -0.3 is 14.8 Å². The number of amides is 1. The topological polar surface area (TPSA) is 60.5 Å². The highest BCUT2D eigenvalue weighted by molar-refractivity contribution is 6.04. The summed E-state index contributed by atoms with van der Waals surface area (Å²) in [5.41, 5.74) is -0.316. The van der Waals surface area contributed by atoms with Crippen molar-refractivity contribution in [2.24, 2.45) is 0 Å². The molecule has 23 heavy (non-hydrogen) atoms. The highest BCUT2D eigenvalue weighted by atomic mass is 19.1. The van der Waals surface area contributed by atoms with E-state index >= 15 is 0 Å². The van der Waals surface area contributed by atoms with Crippen LogP contribution >= 0.6 is 0 Å². The van der Waals surface area contributed by atoms with E-state index in [1.54, 1.807) is 0 Å². The minimum Gasteiger partial charge on any atom is -0.472 e. The van der Waals surface area contributed by atoms with Crippen molar-refractivity contribution in [3.63, 3.8) is 0 Å². The van der Waals surface area contributed by atoms with Gasteiger partial charge in [0, 0.05) is 18.7 Å². The Morgan fingerprint density at radius 1 is 1.26 bits per heavy atom. The summed E-state index contributed by atoms with van der Waals surface area (Å²) in [6.07, 6.45) is 2.03. The maximum Gasteiger partial charge on any atom is 0.257 e. The fourth-order valence-electron chi connectivity index (χ4n) is 2.16. The van der Waals surface area contributed by atoms with E-state index < -0.39 is 23.2 Å². The third-order valence-electron chi connectivity index (χ3n) is 3.38. The molecule has 1 N–H and O–H groups in total. The van der Waals surface area contributed by atoms with Crippen LogP contribution in [-0.2, 0) is 4.74 Å². The average Bonchev–Trinajstić information content (AvgIpc) is 3.04. The molecule has 1 atom stereocenters. The lowest BCUT2D eigenvalue weighted by atomic mass is 10.2. The molecule has 1 amide bonds. The molecule has 7 heteroatoms. The standard InChI is InChI=1S/C16H14F2N2O3/c17-12-2-1-3-13(18)15(12)20-16(21)10-4-5-14(19-8-10)23-11-6-7-22-9-11/h1-5,8,11H,6-7,9H2,(H,20,21). The van der Waals surface area contributed by atoms with Gasteiger partial charge in [-0.2, -0.15) is 0 Å². The van der Waals surface area contributed by atoms with E-state index in [1.807, 2.05) is 0 Å². The molecular formula is C16H14F2N2O3. The van der Waals surface area contributed by atoms with Crippen LogP contribution in [-0.4, -0.2) is 30.2 Å². The fraction of sp³-hybridized carbons (Fsp3) is 0.250. The Kier molecular flexibility index (Phi) is 4.47. The van der Waals surface area contributed by atoms with Gasteiger partial charge in [-0.1, -0.05) is 6.07 Å². The lowest BCUT2D eigenvalue weighted by Crippen LogP contribution is -2.17. The summed E-state index contributed by atoms with van der Waals surface area (Å²) in [6, 6.07) is 6.37. The van der Waals surface area contributed by atoms with E-state index in [0.29, 0.717) is 19.1 Å². The number of aromatic nitrogens is 1. The third-order valence-corrected chi connectivity index (χ3v) is 3.38. The first kappa shape index (κ1) is 15.4. The second-order valence-electron chi connectivity index (χ2n) is 5.04. The van der Waals surface area contributed by atoms with Crippen LogP contribution in [0.2, 0.25) is 0 Å². The molecule has 0 radical (unpaired) electrons. The SMILES string of the molecule is O=C(Nc1c(F)cccc1F)c1ccc(OC2CCOC2)nc1. The van der Waals surface area contributed by atoms with Crippen molar-refractivity contribution in [2.45, 2.75) is 12.5 Å². The molecule has 0 bridgehead atoms. The van der Waals surface area contributed by atoms with Gasteiger partial charge in [-0.3, -0.25) is 4.79 Å². The lowest BCUT2D eigenvalue weighted by Gasteiger charge is -2.11. The normalized spacial score (nSPS) is 17.0. The Morgan fingerprint density at radius 2 is 2.04 bits per heavy atom. The molecule has 5 nitrogen and oxygen atoms in total. The minimum atomic E-state index is -0.840. The number of pyridine rings is 1. The van der Waals surface area contributed by atoms with Gasteiger partial charge in [0.25, 0.3) is 5.91 Å². The number of nitrogens with one attached hydrogen (secondary N) is 1. The van der Waals surface area contributed by atoms with E-state index in [-0.39, 0.29) is 11.7 Å². The predicted octanol–water partition coefficient (Wildman–Crippen LogP) is 2.78. The number of para-hydroxylation sites is 1. The van der Waals surface area contributed by atoms with Crippen molar-refractivity contribution in [1.29, 1.82) is 0 Å². The van der Waals surface area contributed by atoms with Gasteiger partial charge in [0.1, 0.15) is 23.4 Å². The number of carbonyl (C=O) groups is 1. The zero-order valence-corrected chi connectivity index (χ0v) is 12.1. The Balaban J connectivity index is 1.67. The summed E-state index contributed by atoms with van der Waals surface area (Å²) in [6.45, 7) is 1.16. The van der Waals surface area contributed by atoms with E-state index in [0.717, 1.165) is 18.6 Å². The molecular weight excluding hydrogens is 306 g/mol. The largest absolute Gasteiger partial charge is 0.472 e. The number of ether oxygens (including phenoxy) is 2. The van der Waals surface area contributed by atoms with Crippen molar-refractivity contribution >= 4 is 11.6 Å². The molecule has 0 aliphatic carbocycles. The molecule has 3 rings (SSSR count). The monoisotopic (exact) mass is 320 g/mol. The summed E-state index contributed by atoms with van der Waals surface area (Å²) in [7, 11) is 0. The highest BCUT2D eigenvalue weighted by Crippen LogP contribution is 2.20. The molecule has 1 aromatic carbocycles. The Bertz CT molecular complexity index is 681. The molecule has 0 spiro atoms. The van der Waals surface area contributed by atoms with Gasteiger partial charge in [-0.05, 0) is 18.2 Å². The number of hydrogen-bond donors (Lipinski definition) is 1. The maximum atomic E-state index is 13.5. The predicted molar refractivity (Wildman–Crippen MR) is 78.4 cm³/mol. The highest BCUT2D eigenvalue weighted by Gasteiger charge is 2.18. The number of nitrogens with zero attached hydrogens (tertiary/aromatic N) is 1. The first-order chi connectivity index (χ1) is 11.1. The number of hydrogen-bond acceptors (Lipinski definition) is 4. The molecule has 1 aliphatic heterocycles. The van der Waals surface area contributed by atoms with Crippen molar-refractivity contribution < 1.29 is 23.0 Å². The first-order valence-electron chi connectivity index (χ1n) is 7.09. The van der Waals surface area contributed by atoms with E-state index in [1.165, 1.54) is 24.4 Å². The van der Waals surface area contributed by atoms with Crippen molar-refractivity contribution in [2.75, 3.05) is 18.5 Å². The molecule has 1 saturated heterocycles. The van der Waals surface area contributed by atoms with Crippen LogP contribution in [0.5, 0.6) is 5.88 Å². The third kappa shape index (κ3) is 3.62.